The van der Waals surface area contributed by atoms with Gasteiger partial charge in [0.1, 0.15) is 10.7 Å². The number of carboxylic acid groups (broad SMARTS) is 1. The normalized spacial score (nSPS) is 10.9. The first-order chi connectivity index (χ1) is 11.2. The lowest BCUT2D eigenvalue weighted by atomic mass is 10.2. The fourth-order valence-corrected chi connectivity index (χ4v) is 3.01. The van der Waals surface area contributed by atoms with E-state index < -0.39 is 32.7 Å². The number of benzene rings is 2. The summed E-state index contributed by atoms with van der Waals surface area (Å²) < 4.78 is 44.9. The number of hydrogen-bond acceptors (Lipinski definition) is 5. The van der Waals surface area contributed by atoms with Gasteiger partial charge in [0.05, 0.1) is 18.2 Å². The van der Waals surface area contributed by atoms with Gasteiger partial charge in [-0.1, -0.05) is 0 Å². The molecule has 0 amide bonds. The van der Waals surface area contributed by atoms with Crippen molar-refractivity contribution < 1.29 is 32.2 Å². The summed E-state index contributed by atoms with van der Waals surface area (Å²) in [4.78, 5) is 21.4. The minimum Gasteiger partial charge on any atom is -0.478 e. The summed E-state index contributed by atoms with van der Waals surface area (Å²) in [5.74, 6) is -3.06. The van der Waals surface area contributed by atoms with Crippen LogP contribution in [0.4, 0.5) is 10.1 Å². The number of hydrogen-bond donors (Lipinski definition) is 2. The molecule has 126 valence electrons. The van der Waals surface area contributed by atoms with Crippen LogP contribution >= 0.6 is 0 Å². The predicted octanol–water partition coefficient (Wildman–Crippen LogP) is 2.11. The summed E-state index contributed by atoms with van der Waals surface area (Å²) in [6, 6.07) is 7.69. The van der Waals surface area contributed by atoms with Crippen molar-refractivity contribution in [1.29, 1.82) is 0 Å². The van der Waals surface area contributed by atoms with Crippen molar-refractivity contribution in [3.63, 3.8) is 0 Å². The molecule has 9 heteroatoms. The van der Waals surface area contributed by atoms with Gasteiger partial charge in [0.15, 0.2) is 0 Å². The van der Waals surface area contributed by atoms with Crippen LogP contribution in [-0.4, -0.2) is 32.6 Å². The molecule has 0 aliphatic rings. The number of sulfonamides is 1. The Balaban J connectivity index is 2.33. The second kappa shape index (κ2) is 6.67. The number of carbonyl (C=O) groups is 2. The third kappa shape index (κ3) is 3.69. The highest BCUT2D eigenvalue weighted by Gasteiger charge is 2.21. The van der Waals surface area contributed by atoms with Crippen molar-refractivity contribution in [3.8, 4) is 0 Å². The van der Waals surface area contributed by atoms with Crippen molar-refractivity contribution in [2.75, 3.05) is 11.8 Å². The number of esters is 1. The Kier molecular flexibility index (Phi) is 4.84. The van der Waals surface area contributed by atoms with Crippen LogP contribution in [0.5, 0.6) is 0 Å². The molecule has 0 bridgehead atoms. The zero-order valence-corrected chi connectivity index (χ0v) is 13.1. The molecule has 0 radical (unpaired) electrons. The van der Waals surface area contributed by atoms with Gasteiger partial charge < -0.3 is 9.84 Å². The second-order valence-corrected chi connectivity index (χ2v) is 6.28. The number of ether oxygens (including phenoxy) is 1. The smallest absolute Gasteiger partial charge is 0.337 e. The van der Waals surface area contributed by atoms with Crippen LogP contribution in [-0.2, 0) is 14.8 Å². The number of aromatic carboxylic acids is 1. The minimum absolute atomic E-state index is 0.0720. The van der Waals surface area contributed by atoms with Crippen molar-refractivity contribution in [1.82, 2.24) is 0 Å². The van der Waals surface area contributed by atoms with Gasteiger partial charge in [-0.3, -0.25) is 4.72 Å². The standard InChI is InChI=1S/C15H12FNO6S/c1-23-15(20)9-2-5-11(6-3-9)17-24(21,22)13-8-10(14(18)19)4-7-12(13)16/h2-8,17H,1H3,(H,18,19). The van der Waals surface area contributed by atoms with E-state index in [9.17, 15) is 22.4 Å². The highest BCUT2D eigenvalue weighted by Crippen LogP contribution is 2.21. The first-order valence-electron chi connectivity index (χ1n) is 6.48. The minimum atomic E-state index is -4.34. The Labute approximate surface area is 136 Å². The van der Waals surface area contributed by atoms with E-state index in [1.807, 2.05) is 0 Å². The molecule has 0 unspecified atom stereocenters. The van der Waals surface area contributed by atoms with E-state index in [1.54, 1.807) is 0 Å². The van der Waals surface area contributed by atoms with Crippen LogP contribution in [0, 0.1) is 5.82 Å². The lowest BCUT2D eigenvalue weighted by molar-refractivity contribution is 0.0600. The van der Waals surface area contributed by atoms with E-state index in [2.05, 4.69) is 9.46 Å². The van der Waals surface area contributed by atoms with E-state index in [4.69, 9.17) is 5.11 Å². The van der Waals surface area contributed by atoms with E-state index >= 15 is 0 Å². The molecule has 0 aromatic heterocycles. The number of rotatable bonds is 5. The van der Waals surface area contributed by atoms with Crippen molar-refractivity contribution >= 4 is 27.6 Å². The molecule has 7 nitrogen and oxygen atoms in total. The highest BCUT2D eigenvalue weighted by atomic mass is 32.2. The molecule has 2 aromatic carbocycles. The van der Waals surface area contributed by atoms with Gasteiger partial charge in [-0.2, -0.15) is 0 Å². The lowest BCUT2D eigenvalue weighted by Crippen LogP contribution is -2.15. The Hall–Kier alpha value is -2.94. The molecule has 0 spiro atoms. The molecule has 0 heterocycles. The molecule has 0 atom stereocenters. The first-order valence-corrected chi connectivity index (χ1v) is 7.97. The predicted molar refractivity (Wildman–Crippen MR) is 81.9 cm³/mol. The highest BCUT2D eigenvalue weighted by molar-refractivity contribution is 7.92. The zero-order chi connectivity index (χ0) is 17.9. The molecule has 24 heavy (non-hydrogen) atoms. The van der Waals surface area contributed by atoms with Crippen LogP contribution in [0.2, 0.25) is 0 Å². The van der Waals surface area contributed by atoms with Gasteiger partial charge in [-0.25, -0.2) is 22.4 Å². The third-order valence-corrected chi connectivity index (χ3v) is 4.42. The van der Waals surface area contributed by atoms with E-state index in [-0.39, 0.29) is 16.8 Å². The van der Waals surface area contributed by atoms with Crippen LogP contribution in [0.1, 0.15) is 20.7 Å². The zero-order valence-electron chi connectivity index (χ0n) is 12.3. The number of methoxy groups -OCH3 is 1. The summed E-state index contributed by atoms with van der Waals surface area (Å²) in [6.45, 7) is 0. The molecule has 2 N–H and O–H groups in total. The van der Waals surface area contributed by atoms with Gasteiger partial charge in [0.2, 0.25) is 0 Å². The summed E-state index contributed by atoms with van der Waals surface area (Å²) in [5.41, 5.74) is -0.0832. The molecular weight excluding hydrogens is 341 g/mol. The van der Waals surface area contributed by atoms with Crippen molar-refractivity contribution in [3.05, 3.63) is 59.4 Å². The monoisotopic (exact) mass is 353 g/mol. The Morgan fingerprint density at radius 1 is 1.08 bits per heavy atom. The molecule has 2 aromatic rings. The molecule has 2 rings (SSSR count). The van der Waals surface area contributed by atoms with Gasteiger partial charge in [0.25, 0.3) is 10.0 Å². The Morgan fingerprint density at radius 3 is 2.21 bits per heavy atom. The molecule has 0 fully saturated rings. The fourth-order valence-electron chi connectivity index (χ4n) is 1.84. The first kappa shape index (κ1) is 17.4. The summed E-state index contributed by atoms with van der Waals surface area (Å²) in [7, 11) is -3.14. The summed E-state index contributed by atoms with van der Waals surface area (Å²) >= 11 is 0. The fraction of sp³-hybridized carbons (Fsp3) is 0.0667. The van der Waals surface area contributed by atoms with Crippen LogP contribution < -0.4 is 4.72 Å². The molecule has 0 saturated carbocycles. The number of halogens is 1. The molecule has 0 aliphatic carbocycles. The summed E-state index contributed by atoms with van der Waals surface area (Å²) in [5, 5.41) is 8.88. The van der Waals surface area contributed by atoms with Crippen LogP contribution in [0.25, 0.3) is 0 Å². The third-order valence-electron chi connectivity index (χ3n) is 3.03. The maximum Gasteiger partial charge on any atom is 0.337 e. The maximum atomic E-state index is 13.8. The van der Waals surface area contributed by atoms with Crippen molar-refractivity contribution in [2.45, 2.75) is 4.90 Å². The van der Waals surface area contributed by atoms with Gasteiger partial charge in [-0.15, -0.1) is 0 Å². The summed E-state index contributed by atoms with van der Waals surface area (Å²) in [6.07, 6.45) is 0. The van der Waals surface area contributed by atoms with Gasteiger partial charge in [-0.05, 0) is 42.5 Å². The number of carboxylic acids is 1. The van der Waals surface area contributed by atoms with Gasteiger partial charge in [0, 0.05) is 5.69 Å². The molecular formula is C15H12FNO6S. The second-order valence-electron chi connectivity index (χ2n) is 4.62. The average Bonchev–Trinajstić information content (AvgIpc) is 2.54. The van der Waals surface area contributed by atoms with Crippen LogP contribution in [0.15, 0.2) is 47.4 Å². The van der Waals surface area contributed by atoms with E-state index in [0.717, 1.165) is 18.2 Å². The maximum absolute atomic E-state index is 13.8. The largest absolute Gasteiger partial charge is 0.478 e. The van der Waals surface area contributed by atoms with Gasteiger partial charge >= 0.3 is 11.9 Å². The molecule has 0 aliphatic heterocycles. The molecule has 0 saturated heterocycles. The van der Waals surface area contributed by atoms with Crippen molar-refractivity contribution in [2.24, 2.45) is 0 Å². The lowest BCUT2D eigenvalue weighted by Gasteiger charge is -2.10. The average molecular weight is 353 g/mol. The number of carbonyl (C=O) groups excluding carboxylic acids is 1. The number of anilines is 1. The topological polar surface area (TPSA) is 110 Å². The quantitative estimate of drug-likeness (QED) is 0.797. The number of nitrogens with one attached hydrogen (secondary N) is 1. The SMILES string of the molecule is COC(=O)c1ccc(NS(=O)(=O)c2cc(C(=O)O)ccc2F)cc1. The van der Waals surface area contributed by atoms with E-state index in [0.29, 0.717) is 0 Å². The van der Waals surface area contributed by atoms with E-state index in [1.165, 1.54) is 31.4 Å². The Morgan fingerprint density at radius 2 is 1.67 bits per heavy atom. The Bertz CT molecular complexity index is 893. The van der Waals surface area contributed by atoms with Crippen LogP contribution in [0.3, 0.4) is 0 Å².